The third kappa shape index (κ3) is 5.79. The fourth-order valence-electron chi connectivity index (χ4n) is 4.31. The largest absolute Gasteiger partial charge is 0.466 e. The number of esters is 2. The van der Waals surface area contributed by atoms with Crippen LogP contribution >= 0.6 is 0 Å². The molecule has 3 aliphatic heterocycles. The van der Waals surface area contributed by atoms with Crippen molar-refractivity contribution in [3.05, 3.63) is 11.8 Å². The molecular formula is C22H35NO9. The zero-order chi connectivity index (χ0) is 23.7. The Balaban J connectivity index is 1.87. The first-order chi connectivity index (χ1) is 14.9. The van der Waals surface area contributed by atoms with E-state index in [-0.39, 0.29) is 19.6 Å². The first-order valence-corrected chi connectivity index (χ1v) is 11.1. The van der Waals surface area contributed by atoms with E-state index in [0.29, 0.717) is 5.70 Å². The van der Waals surface area contributed by atoms with E-state index >= 15 is 0 Å². The van der Waals surface area contributed by atoms with Gasteiger partial charge in [0.15, 0.2) is 17.9 Å². The number of hydrogen-bond donors (Lipinski definition) is 1. The molecule has 0 bridgehead atoms. The molecule has 0 saturated carbocycles. The van der Waals surface area contributed by atoms with Crippen LogP contribution in [-0.2, 0) is 42.7 Å². The SMILES string of the molecule is CCOC(=O)/C=C(/C)NC(CC(=O)OCC)C1OC2OC(C)(C)OC2C2OC(C)(C)OC12. The lowest BCUT2D eigenvalue weighted by atomic mass is 9.92. The van der Waals surface area contributed by atoms with Gasteiger partial charge in [-0.3, -0.25) is 4.79 Å². The summed E-state index contributed by atoms with van der Waals surface area (Å²) in [5.74, 6) is -2.61. The van der Waals surface area contributed by atoms with Crippen LogP contribution in [0.15, 0.2) is 11.8 Å². The molecule has 6 unspecified atom stereocenters. The molecule has 3 fully saturated rings. The molecule has 1 N–H and O–H groups in total. The number of fused-ring (bicyclic) bond motifs is 3. The summed E-state index contributed by atoms with van der Waals surface area (Å²) in [5, 5.41) is 3.21. The second-order valence-corrected chi connectivity index (χ2v) is 8.97. The first kappa shape index (κ1) is 24.9. The fraction of sp³-hybridized carbons (Fsp3) is 0.818. The lowest BCUT2D eigenvalue weighted by molar-refractivity contribution is -0.240. The van der Waals surface area contributed by atoms with Crippen LogP contribution in [0.2, 0.25) is 0 Å². The van der Waals surface area contributed by atoms with Gasteiger partial charge in [0.2, 0.25) is 0 Å². The highest BCUT2D eigenvalue weighted by molar-refractivity contribution is 5.82. The predicted molar refractivity (Wildman–Crippen MR) is 111 cm³/mol. The van der Waals surface area contributed by atoms with E-state index in [1.807, 2.05) is 13.8 Å². The molecule has 10 nitrogen and oxygen atoms in total. The van der Waals surface area contributed by atoms with Crippen LogP contribution in [0.4, 0.5) is 0 Å². The van der Waals surface area contributed by atoms with Crippen molar-refractivity contribution in [1.82, 2.24) is 5.32 Å². The quantitative estimate of drug-likeness (QED) is 0.427. The molecule has 0 radical (unpaired) electrons. The van der Waals surface area contributed by atoms with Crippen LogP contribution in [0, 0.1) is 0 Å². The van der Waals surface area contributed by atoms with Crippen LogP contribution in [0.1, 0.15) is 54.9 Å². The van der Waals surface area contributed by atoms with Gasteiger partial charge in [-0.2, -0.15) is 0 Å². The van der Waals surface area contributed by atoms with Gasteiger partial charge in [0.25, 0.3) is 0 Å². The van der Waals surface area contributed by atoms with E-state index in [2.05, 4.69) is 5.32 Å². The monoisotopic (exact) mass is 457 g/mol. The number of nitrogens with one attached hydrogen (secondary N) is 1. The summed E-state index contributed by atoms with van der Waals surface area (Å²) in [6.07, 6.45) is -1.50. The van der Waals surface area contributed by atoms with Gasteiger partial charge >= 0.3 is 11.9 Å². The zero-order valence-corrected chi connectivity index (χ0v) is 19.8. The lowest BCUT2D eigenvalue weighted by Crippen LogP contribution is -2.61. The van der Waals surface area contributed by atoms with Gasteiger partial charge in [0, 0.05) is 11.8 Å². The smallest absolute Gasteiger partial charge is 0.332 e. The van der Waals surface area contributed by atoms with Crippen LogP contribution in [0.5, 0.6) is 0 Å². The molecule has 0 aliphatic carbocycles. The van der Waals surface area contributed by atoms with Gasteiger partial charge in [-0.05, 0) is 48.5 Å². The molecule has 0 aromatic carbocycles. The second kappa shape index (κ2) is 9.64. The van der Waals surface area contributed by atoms with E-state index in [9.17, 15) is 9.59 Å². The van der Waals surface area contributed by atoms with E-state index in [1.54, 1.807) is 34.6 Å². The Bertz CT molecular complexity index is 735. The minimum atomic E-state index is -0.869. The summed E-state index contributed by atoms with van der Waals surface area (Å²) in [5.41, 5.74) is 0.516. The van der Waals surface area contributed by atoms with Crippen molar-refractivity contribution in [1.29, 1.82) is 0 Å². The normalized spacial score (nSPS) is 33.7. The summed E-state index contributed by atoms with van der Waals surface area (Å²) < 4.78 is 40.7. The summed E-state index contributed by atoms with van der Waals surface area (Å²) in [7, 11) is 0. The number of ether oxygens (including phenoxy) is 7. The van der Waals surface area contributed by atoms with E-state index in [1.165, 1.54) is 6.08 Å². The highest BCUT2D eigenvalue weighted by Gasteiger charge is 2.62. The van der Waals surface area contributed by atoms with E-state index < -0.39 is 60.3 Å². The topological polar surface area (TPSA) is 111 Å². The molecule has 3 heterocycles. The van der Waals surface area contributed by atoms with Crippen LogP contribution in [0.3, 0.4) is 0 Å². The van der Waals surface area contributed by atoms with Gasteiger partial charge in [0.05, 0.1) is 25.7 Å². The molecule has 10 heteroatoms. The van der Waals surface area contributed by atoms with E-state index in [4.69, 9.17) is 33.2 Å². The Morgan fingerprint density at radius 1 is 0.938 bits per heavy atom. The Hall–Kier alpha value is -1.72. The van der Waals surface area contributed by atoms with Gasteiger partial charge in [-0.25, -0.2) is 4.79 Å². The summed E-state index contributed by atoms with van der Waals surface area (Å²) >= 11 is 0. The van der Waals surface area contributed by atoms with Crippen molar-refractivity contribution in [2.45, 2.75) is 103 Å². The average Bonchev–Trinajstić information content (AvgIpc) is 3.14. The van der Waals surface area contributed by atoms with Crippen molar-refractivity contribution < 1.29 is 42.7 Å². The highest BCUT2D eigenvalue weighted by Crippen LogP contribution is 2.45. The maximum absolute atomic E-state index is 12.4. The highest BCUT2D eigenvalue weighted by atomic mass is 16.9. The van der Waals surface area contributed by atoms with Crippen molar-refractivity contribution in [3.8, 4) is 0 Å². The third-order valence-electron chi connectivity index (χ3n) is 5.31. The molecule has 0 amide bonds. The lowest BCUT2D eigenvalue weighted by Gasteiger charge is -2.41. The molecule has 6 atom stereocenters. The number of carbonyl (C=O) groups is 2. The summed E-state index contributed by atoms with van der Waals surface area (Å²) in [4.78, 5) is 24.3. The maximum atomic E-state index is 12.4. The van der Waals surface area contributed by atoms with Crippen molar-refractivity contribution in [2.75, 3.05) is 13.2 Å². The molecule has 0 spiro atoms. The van der Waals surface area contributed by atoms with Crippen LogP contribution in [0.25, 0.3) is 0 Å². The number of rotatable bonds is 8. The standard InChI is InChI=1S/C22H35NO9/c1-8-26-14(24)10-12(3)23-13(11-15(25)27-9-2)16-17-18(30-21(4,5)29-17)19-20(28-16)32-22(6,7)31-19/h10,13,16-20,23H,8-9,11H2,1-7H3/b12-10-. The van der Waals surface area contributed by atoms with E-state index in [0.717, 1.165) is 0 Å². The third-order valence-corrected chi connectivity index (χ3v) is 5.31. The van der Waals surface area contributed by atoms with Crippen molar-refractivity contribution in [2.24, 2.45) is 0 Å². The first-order valence-electron chi connectivity index (χ1n) is 11.1. The molecule has 3 saturated heterocycles. The molecular weight excluding hydrogens is 422 g/mol. The summed E-state index contributed by atoms with van der Waals surface area (Å²) in [6, 6.07) is -0.585. The molecule has 182 valence electrons. The Morgan fingerprint density at radius 3 is 2.19 bits per heavy atom. The van der Waals surface area contributed by atoms with Gasteiger partial charge in [0.1, 0.15) is 24.4 Å². The maximum Gasteiger partial charge on any atom is 0.332 e. The minimum absolute atomic E-state index is 0.0127. The molecule has 0 aromatic heterocycles. The Kier molecular flexibility index (Phi) is 7.51. The Morgan fingerprint density at radius 2 is 1.53 bits per heavy atom. The van der Waals surface area contributed by atoms with Gasteiger partial charge < -0.3 is 38.5 Å². The fourth-order valence-corrected chi connectivity index (χ4v) is 4.31. The van der Waals surface area contributed by atoms with Gasteiger partial charge in [-0.1, -0.05) is 0 Å². The number of hydrogen-bond acceptors (Lipinski definition) is 10. The van der Waals surface area contributed by atoms with Crippen LogP contribution < -0.4 is 5.32 Å². The zero-order valence-electron chi connectivity index (χ0n) is 19.8. The number of allylic oxidation sites excluding steroid dienone is 1. The van der Waals surface area contributed by atoms with Crippen molar-refractivity contribution in [3.63, 3.8) is 0 Å². The summed E-state index contributed by atoms with van der Waals surface area (Å²) in [6.45, 7) is 13.0. The molecule has 0 aromatic rings. The molecule has 3 rings (SSSR count). The molecule has 32 heavy (non-hydrogen) atoms. The number of carbonyl (C=O) groups excluding carboxylic acids is 2. The second-order valence-electron chi connectivity index (χ2n) is 8.97. The average molecular weight is 458 g/mol. The van der Waals surface area contributed by atoms with Crippen LogP contribution in [-0.4, -0.2) is 73.5 Å². The minimum Gasteiger partial charge on any atom is -0.466 e. The predicted octanol–water partition coefficient (Wildman–Crippen LogP) is 1.76. The van der Waals surface area contributed by atoms with Gasteiger partial charge in [-0.15, -0.1) is 0 Å². The molecule has 3 aliphatic rings. The van der Waals surface area contributed by atoms with Crippen molar-refractivity contribution >= 4 is 11.9 Å². The Labute approximate surface area is 188 Å².